The largest absolute Gasteiger partial charge is 2.00 e. The number of carbonyl (C=O) groups excluding carboxylic acids is 4. The van der Waals surface area contributed by atoms with Crippen molar-refractivity contribution in [2.24, 2.45) is 0 Å². The van der Waals surface area contributed by atoms with Gasteiger partial charge in [0.05, 0.1) is 13.2 Å². The molecule has 11 heteroatoms. The third kappa shape index (κ3) is 27.6. The van der Waals surface area contributed by atoms with E-state index in [4.69, 9.17) is 0 Å². The summed E-state index contributed by atoms with van der Waals surface area (Å²) in [5.41, 5.74) is 0. The molecule has 2 N–H and O–H groups in total. The first-order valence-corrected chi connectivity index (χ1v) is 7.24. The van der Waals surface area contributed by atoms with Crippen molar-refractivity contribution in [1.82, 2.24) is 10.6 Å². The van der Waals surface area contributed by atoms with E-state index in [1.165, 1.54) is 14.2 Å². The third-order valence-electron chi connectivity index (χ3n) is 2.37. The molecule has 0 saturated carbocycles. The van der Waals surface area contributed by atoms with Crippen molar-refractivity contribution in [3.05, 3.63) is 0 Å². The van der Waals surface area contributed by atoms with Crippen LogP contribution in [0.15, 0.2) is 0 Å². The fourth-order valence-corrected chi connectivity index (χ4v) is 1.19. The van der Waals surface area contributed by atoms with Crippen molar-refractivity contribution in [3.8, 4) is 0 Å². The van der Waals surface area contributed by atoms with E-state index in [0.29, 0.717) is 26.3 Å². The van der Waals surface area contributed by atoms with Gasteiger partial charge in [-0.3, -0.25) is 9.59 Å². The maximum absolute atomic E-state index is 10.8. The van der Waals surface area contributed by atoms with Crippen LogP contribution >= 0.6 is 0 Å². The summed E-state index contributed by atoms with van der Waals surface area (Å²) in [6.45, 7) is 1.67. The Balaban J connectivity index is -0.000000372. The zero-order valence-corrected chi connectivity index (χ0v) is 17.6. The van der Waals surface area contributed by atoms with Crippen LogP contribution in [0.25, 0.3) is 0 Å². The molecule has 0 spiro atoms. The first-order chi connectivity index (χ1) is 11.3. The van der Waals surface area contributed by atoms with Gasteiger partial charge in [-0.15, -0.1) is 0 Å². The van der Waals surface area contributed by atoms with Crippen molar-refractivity contribution in [2.45, 2.75) is 25.7 Å². The van der Waals surface area contributed by atoms with Gasteiger partial charge in [-0.25, -0.2) is 0 Å². The first-order valence-electron chi connectivity index (χ1n) is 7.24. The molecule has 0 heterocycles. The second kappa shape index (κ2) is 20.5. The van der Waals surface area contributed by atoms with Crippen LogP contribution in [0.3, 0.4) is 0 Å². The summed E-state index contributed by atoms with van der Waals surface area (Å²) in [5, 5.41) is 24.8. The van der Waals surface area contributed by atoms with Crippen molar-refractivity contribution in [1.29, 1.82) is 0 Å². The third-order valence-corrected chi connectivity index (χ3v) is 2.37. The van der Waals surface area contributed by atoms with Gasteiger partial charge in [-0.05, 0) is 12.8 Å². The molecule has 0 atom stereocenters. The first kappa shape index (κ1) is 28.2. The van der Waals surface area contributed by atoms with Crippen LogP contribution in [0.5, 0.6) is 0 Å². The molecule has 0 saturated heterocycles. The van der Waals surface area contributed by atoms with Crippen LogP contribution in [-0.2, 0) is 48.1 Å². The Labute approximate surface area is 159 Å². The van der Waals surface area contributed by atoms with Crippen LogP contribution in [0.1, 0.15) is 25.7 Å². The van der Waals surface area contributed by atoms with E-state index in [1.807, 2.05) is 0 Å². The van der Waals surface area contributed by atoms with Gasteiger partial charge in [0.25, 0.3) is 0 Å². The molecule has 0 aliphatic carbocycles. The summed E-state index contributed by atoms with van der Waals surface area (Å²) in [7, 11) is 3.04. The number of hydrogen-bond donors (Lipinski definition) is 2. The standard InChI is InChI=1S/2C7H13NO4.Zn/c2*1-12-5-4-8-6(9)2-3-7(10)11;/h2*2-5H2,1H3,(H,8,9)(H,10,11);/q;;+2/p-2. The Morgan fingerprint density at radius 2 is 1.04 bits per heavy atom. The van der Waals surface area contributed by atoms with E-state index in [2.05, 4.69) is 20.1 Å². The molecule has 2 amide bonds. The molecule has 0 aromatic heterocycles. The molecule has 0 rings (SSSR count). The summed E-state index contributed by atoms with van der Waals surface area (Å²) in [6, 6.07) is 0. The van der Waals surface area contributed by atoms with Gasteiger partial charge in [0.15, 0.2) is 0 Å². The summed E-state index contributed by atoms with van der Waals surface area (Å²) in [4.78, 5) is 41.4. The Morgan fingerprint density at radius 1 is 0.720 bits per heavy atom. The topological polar surface area (TPSA) is 157 Å². The quantitative estimate of drug-likeness (QED) is 0.247. The molecule has 0 unspecified atom stereocenters. The number of carboxylic acid groups (broad SMARTS) is 2. The molecular formula is C14H24N2O8Zn. The Kier molecular flexibility index (Phi) is 23.1. The van der Waals surface area contributed by atoms with Gasteiger partial charge in [0.2, 0.25) is 11.8 Å². The summed E-state index contributed by atoms with van der Waals surface area (Å²) in [5.74, 6) is -3.01. The van der Waals surface area contributed by atoms with Gasteiger partial charge in [0.1, 0.15) is 0 Å². The Hall–Kier alpha value is -1.58. The number of rotatable bonds is 12. The number of nitrogens with one attached hydrogen (secondary N) is 2. The minimum atomic E-state index is -1.21. The molecule has 0 aromatic carbocycles. The smallest absolute Gasteiger partial charge is 0.550 e. The SMILES string of the molecule is COCCNC(=O)CCC(=O)[O-].COCCNC(=O)CCC(=O)[O-].[Zn+2]. The maximum atomic E-state index is 10.8. The fraction of sp³-hybridized carbons (Fsp3) is 0.714. The van der Waals surface area contributed by atoms with E-state index >= 15 is 0 Å². The number of ether oxygens (including phenoxy) is 2. The number of carbonyl (C=O) groups is 4. The molecule has 0 aliphatic heterocycles. The predicted molar refractivity (Wildman–Crippen MR) is 78.3 cm³/mol. The van der Waals surface area contributed by atoms with E-state index in [1.54, 1.807) is 0 Å². The van der Waals surface area contributed by atoms with Gasteiger partial charge < -0.3 is 39.9 Å². The Morgan fingerprint density at radius 3 is 1.28 bits per heavy atom. The molecule has 0 fully saturated rings. The van der Waals surface area contributed by atoms with Crippen molar-refractivity contribution < 1.29 is 58.3 Å². The number of carboxylic acids is 2. The number of hydrogen-bond acceptors (Lipinski definition) is 8. The molecule has 0 aliphatic rings. The zero-order valence-electron chi connectivity index (χ0n) is 14.6. The van der Waals surface area contributed by atoms with Crippen molar-refractivity contribution in [2.75, 3.05) is 40.5 Å². The summed E-state index contributed by atoms with van der Waals surface area (Å²) < 4.78 is 9.35. The van der Waals surface area contributed by atoms with Crippen LogP contribution < -0.4 is 20.8 Å². The second-order valence-electron chi connectivity index (χ2n) is 4.43. The minimum Gasteiger partial charge on any atom is -0.550 e. The van der Waals surface area contributed by atoms with Gasteiger partial charge in [-0.1, -0.05) is 0 Å². The van der Waals surface area contributed by atoms with Crippen molar-refractivity contribution in [3.63, 3.8) is 0 Å². The number of amides is 2. The number of aliphatic carboxylic acids is 2. The average molecular weight is 414 g/mol. The summed E-state index contributed by atoms with van der Waals surface area (Å²) in [6.07, 6.45) is -0.546. The predicted octanol–water partition coefficient (Wildman–Crippen LogP) is -3.44. The van der Waals surface area contributed by atoms with E-state index in [0.717, 1.165) is 0 Å². The van der Waals surface area contributed by atoms with E-state index < -0.39 is 11.9 Å². The molecule has 0 bridgehead atoms. The second-order valence-corrected chi connectivity index (χ2v) is 4.43. The molecule has 25 heavy (non-hydrogen) atoms. The van der Waals surface area contributed by atoms with Crippen molar-refractivity contribution >= 4 is 23.8 Å². The average Bonchev–Trinajstić information content (AvgIpc) is 2.52. The van der Waals surface area contributed by atoms with E-state index in [9.17, 15) is 29.4 Å². The van der Waals surface area contributed by atoms with Crippen LogP contribution in [0.2, 0.25) is 0 Å². The molecule has 0 aromatic rings. The van der Waals surface area contributed by atoms with Gasteiger partial charge in [0, 0.05) is 52.1 Å². The van der Waals surface area contributed by atoms with Gasteiger partial charge in [-0.2, -0.15) is 0 Å². The molecular weight excluding hydrogens is 390 g/mol. The van der Waals surface area contributed by atoms with Crippen LogP contribution in [0.4, 0.5) is 0 Å². The normalized spacial score (nSPS) is 9.04. The summed E-state index contributed by atoms with van der Waals surface area (Å²) >= 11 is 0. The van der Waals surface area contributed by atoms with Gasteiger partial charge >= 0.3 is 19.5 Å². The minimum absolute atomic E-state index is 0. The zero-order chi connectivity index (χ0) is 18.8. The van der Waals surface area contributed by atoms with Crippen LogP contribution in [-0.4, -0.2) is 64.3 Å². The molecule has 0 radical (unpaired) electrons. The number of methoxy groups -OCH3 is 2. The van der Waals surface area contributed by atoms with Crippen LogP contribution in [0, 0.1) is 0 Å². The molecule has 140 valence electrons. The monoisotopic (exact) mass is 412 g/mol. The Bertz CT molecular complexity index is 357. The maximum Gasteiger partial charge on any atom is 2.00 e. The van der Waals surface area contributed by atoms with E-state index in [-0.39, 0.29) is 57.0 Å². The fourth-order valence-electron chi connectivity index (χ4n) is 1.19. The molecule has 10 nitrogen and oxygen atoms in total.